The molecule has 7 heteroatoms. The number of carbonyl (C=O) groups excluding carboxylic acids is 1. The van der Waals surface area contributed by atoms with E-state index in [4.69, 9.17) is 10.3 Å². The Morgan fingerprint density at radius 2 is 2.00 bits per heavy atom. The van der Waals surface area contributed by atoms with Gasteiger partial charge in [-0.1, -0.05) is 0 Å². The van der Waals surface area contributed by atoms with Gasteiger partial charge in [0, 0.05) is 13.3 Å². The fourth-order valence-electron chi connectivity index (χ4n) is 1.03. The van der Waals surface area contributed by atoms with Crippen molar-refractivity contribution >= 4 is 13.5 Å². The monoisotopic (exact) mass is 238 g/mol. The van der Waals surface area contributed by atoms with Gasteiger partial charge in [-0.3, -0.25) is 9.36 Å². The van der Waals surface area contributed by atoms with E-state index >= 15 is 0 Å². The number of rotatable bonds is 6. The number of esters is 1. The molecule has 0 aromatic carbocycles. The summed E-state index contributed by atoms with van der Waals surface area (Å²) in [6.07, 6.45) is 0.503. The summed E-state index contributed by atoms with van der Waals surface area (Å²) in [5, 5.41) is 0. The van der Waals surface area contributed by atoms with E-state index in [0.29, 0.717) is 0 Å². The van der Waals surface area contributed by atoms with Gasteiger partial charge in [-0.25, -0.2) is 4.67 Å². The number of hydrogen-bond acceptors (Lipinski definition) is 5. The summed E-state index contributed by atoms with van der Waals surface area (Å²) < 4.78 is 22.9. The van der Waals surface area contributed by atoms with Crippen LogP contribution < -0.4 is 5.73 Å². The molecule has 0 aliphatic carbocycles. The highest BCUT2D eigenvalue weighted by Gasteiger charge is 2.27. The van der Waals surface area contributed by atoms with Crippen LogP contribution in [-0.4, -0.2) is 51.2 Å². The quantitative estimate of drug-likeness (QED) is 0.528. The molecular formula is C8H19N2O4P. The molecule has 6 nitrogen and oxygen atoms in total. The second-order valence-electron chi connectivity index (χ2n) is 3.31. The van der Waals surface area contributed by atoms with Crippen LogP contribution in [0.2, 0.25) is 0 Å². The van der Waals surface area contributed by atoms with Gasteiger partial charge < -0.3 is 15.0 Å². The van der Waals surface area contributed by atoms with Crippen molar-refractivity contribution in [2.45, 2.75) is 12.5 Å². The molecule has 0 saturated carbocycles. The van der Waals surface area contributed by atoms with E-state index in [1.54, 1.807) is 14.1 Å². The molecule has 0 heterocycles. The third kappa shape index (κ3) is 4.30. The number of methoxy groups -OCH3 is 1. The zero-order chi connectivity index (χ0) is 12.1. The molecular weight excluding hydrogens is 219 g/mol. The third-order valence-corrected chi connectivity index (χ3v) is 4.73. The fourth-order valence-corrected chi connectivity index (χ4v) is 2.54. The second-order valence-corrected chi connectivity index (χ2v) is 6.20. The van der Waals surface area contributed by atoms with E-state index in [1.165, 1.54) is 18.9 Å². The molecule has 0 amide bonds. The summed E-state index contributed by atoms with van der Waals surface area (Å²) in [5.74, 6) is -0.503. The van der Waals surface area contributed by atoms with Crippen molar-refractivity contribution in [3.8, 4) is 0 Å². The summed E-state index contributed by atoms with van der Waals surface area (Å²) in [4.78, 5) is 11.0. The molecule has 0 bridgehead atoms. The van der Waals surface area contributed by atoms with Gasteiger partial charge in [0.15, 0.2) is 0 Å². The van der Waals surface area contributed by atoms with Crippen molar-refractivity contribution in [2.24, 2.45) is 5.73 Å². The molecule has 0 aliphatic heterocycles. The van der Waals surface area contributed by atoms with E-state index in [1.807, 2.05) is 0 Å². The Labute approximate surface area is 90.2 Å². The highest BCUT2D eigenvalue weighted by atomic mass is 31.2. The average Bonchev–Trinajstić information content (AvgIpc) is 2.23. The van der Waals surface area contributed by atoms with Gasteiger partial charge in [-0.2, -0.15) is 0 Å². The van der Waals surface area contributed by atoms with Crippen molar-refractivity contribution < 1.29 is 18.6 Å². The van der Waals surface area contributed by atoms with Crippen molar-refractivity contribution in [2.75, 3.05) is 34.5 Å². The van der Waals surface area contributed by atoms with Gasteiger partial charge in [-0.05, 0) is 20.5 Å². The van der Waals surface area contributed by atoms with Gasteiger partial charge in [0.05, 0.1) is 7.11 Å². The van der Waals surface area contributed by atoms with Crippen LogP contribution in [0.15, 0.2) is 0 Å². The van der Waals surface area contributed by atoms with Crippen LogP contribution in [0.5, 0.6) is 0 Å². The normalized spacial score (nSPS) is 17.2. The highest BCUT2D eigenvalue weighted by Crippen LogP contribution is 2.48. The molecule has 0 spiro atoms. The Bertz CT molecular complexity index is 257. The summed E-state index contributed by atoms with van der Waals surface area (Å²) in [7, 11) is 3.14. The molecule has 90 valence electrons. The van der Waals surface area contributed by atoms with E-state index in [2.05, 4.69) is 4.74 Å². The van der Waals surface area contributed by atoms with Crippen molar-refractivity contribution in [1.82, 2.24) is 4.67 Å². The molecule has 0 rings (SSSR count). The lowest BCUT2D eigenvalue weighted by atomic mass is 10.2. The van der Waals surface area contributed by atoms with Crippen LogP contribution in [0.3, 0.4) is 0 Å². The molecule has 2 unspecified atom stereocenters. The molecule has 0 saturated heterocycles. The maximum Gasteiger partial charge on any atom is 0.322 e. The first kappa shape index (κ1) is 14.6. The van der Waals surface area contributed by atoms with Crippen LogP contribution in [0.4, 0.5) is 0 Å². The number of carbonyl (C=O) groups is 1. The summed E-state index contributed by atoms with van der Waals surface area (Å²) >= 11 is 0. The first-order valence-electron chi connectivity index (χ1n) is 4.53. The Balaban J connectivity index is 4.24. The Morgan fingerprint density at radius 1 is 1.47 bits per heavy atom. The smallest absolute Gasteiger partial charge is 0.322 e. The Morgan fingerprint density at radius 3 is 2.33 bits per heavy atom. The van der Waals surface area contributed by atoms with E-state index in [0.717, 1.165) is 0 Å². The minimum Gasteiger partial charge on any atom is -0.468 e. The largest absolute Gasteiger partial charge is 0.468 e. The van der Waals surface area contributed by atoms with Crippen molar-refractivity contribution in [3.63, 3.8) is 0 Å². The molecule has 0 aliphatic rings. The fraction of sp³-hybridized carbons (Fsp3) is 0.875. The van der Waals surface area contributed by atoms with Gasteiger partial charge in [-0.15, -0.1) is 0 Å². The lowest BCUT2D eigenvalue weighted by Crippen LogP contribution is -2.33. The van der Waals surface area contributed by atoms with Crippen LogP contribution >= 0.6 is 7.52 Å². The highest BCUT2D eigenvalue weighted by molar-refractivity contribution is 7.56. The Hall–Kier alpha value is -0.420. The molecule has 0 radical (unpaired) electrons. The van der Waals surface area contributed by atoms with Gasteiger partial charge in [0.1, 0.15) is 6.04 Å². The second kappa shape index (κ2) is 6.23. The zero-order valence-electron chi connectivity index (χ0n) is 9.60. The number of ether oxygens (including phenoxy) is 1. The number of nitrogens with zero attached hydrogens (tertiary/aromatic N) is 1. The topological polar surface area (TPSA) is 81.9 Å². The molecule has 0 fully saturated rings. The summed E-state index contributed by atoms with van der Waals surface area (Å²) in [5.41, 5.74) is 5.52. The van der Waals surface area contributed by atoms with E-state index in [9.17, 15) is 9.36 Å². The van der Waals surface area contributed by atoms with Crippen LogP contribution in [0.25, 0.3) is 0 Å². The maximum absolute atomic E-state index is 12.0. The first-order chi connectivity index (χ1) is 6.87. The SMILES string of the molecule is COC(=O)C(N)CCP(=O)(OC)N(C)C. The van der Waals surface area contributed by atoms with Gasteiger partial charge >= 0.3 is 5.97 Å². The van der Waals surface area contributed by atoms with Gasteiger partial charge in [0.2, 0.25) is 0 Å². The molecule has 2 N–H and O–H groups in total. The minimum atomic E-state index is -2.83. The summed E-state index contributed by atoms with van der Waals surface area (Å²) in [6.45, 7) is 0. The number of hydrogen-bond donors (Lipinski definition) is 1. The van der Waals surface area contributed by atoms with Crippen molar-refractivity contribution in [1.29, 1.82) is 0 Å². The van der Waals surface area contributed by atoms with E-state index in [-0.39, 0.29) is 12.6 Å². The van der Waals surface area contributed by atoms with Crippen LogP contribution in [-0.2, 0) is 18.6 Å². The maximum atomic E-state index is 12.0. The standard InChI is InChI=1S/C8H19N2O4P/c1-10(2)15(12,14-4)6-5-7(9)8(11)13-3/h7H,5-6,9H2,1-4H3. The summed E-state index contributed by atoms with van der Waals surface area (Å²) in [6, 6.07) is -0.751. The third-order valence-electron chi connectivity index (χ3n) is 2.12. The van der Waals surface area contributed by atoms with E-state index < -0.39 is 19.5 Å². The minimum absolute atomic E-state index is 0.229. The predicted octanol–water partition coefficient (Wildman–Crippen LogP) is 0.278. The number of nitrogens with two attached hydrogens (primary N) is 1. The van der Waals surface area contributed by atoms with Crippen molar-refractivity contribution in [3.05, 3.63) is 0 Å². The molecule has 0 aromatic rings. The zero-order valence-corrected chi connectivity index (χ0v) is 10.5. The first-order valence-corrected chi connectivity index (χ1v) is 6.29. The lowest BCUT2D eigenvalue weighted by molar-refractivity contribution is -0.142. The van der Waals surface area contributed by atoms with Crippen LogP contribution in [0.1, 0.15) is 6.42 Å². The predicted molar refractivity (Wildman–Crippen MR) is 57.8 cm³/mol. The molecule has 2 atom stereocenters. The van der Waals surface area contributed by atoms with Crippen LogP contribution in [0, 0.1) is 0 Å². The Kier molecular flexibility index (Phi) is 6.05. The average molecular weight is 238 g/mol. The van der Waals surface area contributed by atoms with Gasteiger partial charge in [0.25, 0.3) is 7.52 Å². The molecule has 0 aromatic heterocycles. The lowest BCUT2D eigenvalue weighted by Gasteiger charge is -2.23. The molecule has 15 heavy (non-hydrogen) atoms.